The minimum atomic E-state index is -4.74. The van der Waals surface area contributed by atoms with Gasteiger partial charge in [-0.1, -0.05) is 23.7 Å². The molecule has 1 N–H and O–H groups in total. The number of pyridine rings is 1. The molecule has 0 radical (unpaired) electrons. The van der Waals surface area contributed by atoms with Crippen molar-refractivity contribution in [2.45, 2.75) is 13.0 Å². The molecule has 0 aliphatic carbocycles. The molecule has 0 atom stereocenters. The summed E-state index contributed by atoms with van der Waals surface area (Å²) in [5.74, 6) is 0.621. The van der Waals surface area contributed by atoms with Crippen LogP contribution in [0.4, 0.5) is 13.2 Å². The lowest BCUT2D eigenvalue weighted by molar-refractivity contribution is -0.274. The monoisotopic (exact) mass is 449 g/mol. The van der Waals surface area contributed by atoms with Gasteiger partial charge >= 0.3 is 6.36 Å². The van der Waals surface area contributed by atoms with Gasteiger partial charge in [0.1, 0.15) is 23.9 Å². The zero-order valence-electron chi connectivity index (χ0n) is 16.0. The maximum Gasteiger partial charge on any atom is 0.573 e. The molecule has 5 nitrogen and oxygen atoms in total. The third kappa shape index (κ3) is 4.54. The molecule has 3 aromatic carbocycles. The lowest BCUT2D eigenvalue weighted by Gasteiger charge is -2.11. The summed E-state index contributed by atoms with van der Waals surface area (Å²) in [6.45, 7) is 0.124. The van der Waals surface area contributed by atoms with Crippen LogP contribution in [0, 0.1) is 0 Å². The Bertz CT molecular complexity index is 1320. The highest BCUT2D eigenvalue weighted by Gasteiger charge is 2.30. The van der Waals surface area contributed by atoms with Gasteiger partial charge in [0, 0.05) is 22.9 Å². The number of benzene rings is 3. The second-order valence-electron chi connectivity index (χ2n) is 6.67. The van der Waals surface area contributed by atoms with E-state index in [2.05, 4.69) is 9.72 Å². The Morgan fingerprint density at radius 3 is 2.29 bits per heavy atom. The Balaban J connectivity index is 1.58. The van der Waals surface area contributed by atoms with E-state index in [1.807, 2.05) is 0 Å². The summed E-state index contributed by atoms with van der Waals surface area (Å²) in [5.41, 5.74) is 1.60. The highest BCUT2D eigenvalue weighted by Crippen LogP contribution is 2.29. The van der Waals surface area contributed by atoms with Crippen molar-refractivity contribution in [2.75, 3.05) is 7.11 Å². The van der Waals surface area contributed by atoms with Crippen LogP contribution in [0.3, 0.4) is 0 Å². The first kappa shape index (κ1) is 20.9. The summed E-state index contributed by atoms with van der Waals surface area (Å²) >= 11 is 6.13. The minimum absolute atomic E-state index is 0.124. The number of ether oxygens (including phenoxy) is 3. The number of rotatable bonds is 5. The van der Waals surface area contributed by atoms with E-state index in [0.29, 0.717) is 43.9 Å². The summed E-state index contributed by atoms with van der Waals surface area (Å²) in [5, 5.41) is 1.24. The Kier molecular flexibility index (Phi) is 5.41. The van der Waals surface area contributed by atoms with Gasteiger partial charge in [0.2, 0.25) is 0 Å². The summed E-state index contributed by atoms with van der Waals surface area (Å²) in [4.78, 5) is 16.0. The van der Waals surface area contributed by atoms with E-state index in [0.717, 1.165) is 0 Å². The molecule has 0 spiro atoms. The first-order valence-electron chi connectivity index (χ1n) is 9.04. The van der Waals surface area contributed by atoms with Crippen LogP contribution < -0.4 is 19.6 Å². The van der Waals surface area contributed by atoms with Gasteiger partial charge in [0.15, 0.2) is 5.43 Å². The number of methoxy groups -OCH3 is 1. The van der Waals surface area contributed by atoms with Crippen LogP contribution in [0.1, 0.15) is 5.56 Å². The smallest absolute Gasteiger partial charge is 0.495 e. The van der Waals surface area contributed by atoms with Gasteiger partial charge in [-0.15, -0.1) is 13.2 Å². The maximum atomic E-state index is 12.8. The Morgan fingerprint density at radius 2 is 1.61 bits per heavy atom. The standard InChI is InChI=1S/C22H15ClF3NO4/c1-29-20-10-19-16(9-17(20)23)21(28)15-7-6-14(8-18(15)27-19)30-11-12-2-4-13(5-3-12)31-22(24,25)26/h2-10H,11H2,1H3,(H,27,28). The van der Waals surface area contributed by atoms with Crippen molar-refractivity contribution in [3.63, 3.8) is 0 Å². The number of H-pyrrole nitrogens is 1. The molecule has 0 saturated carbocycles. The average Bonchev–Trinajstić information content (AvgIpc) is 2.72. The largest absolute Gasteiger partial charge is 0.573 e. The number of aromatic amines is 1. The molecule has 0 saturated heterocycles. The molecule has 160 valence electrons. The molecule has 31 heavy (non-hydrogen) atoms. The van der Waals surface area contributed by atoms with Gasteiger partial charge in [-0.25, -0.2) is 0 Å². The van der Waals surface area contributed by atoms with Crippen molar-refractivity contribution in [1.82, 2.24) is 4.98 Å². The number of hydrogen-bond acceptors (Lipinski definition) is 4. The quantitative estimate of drug-likeness (QED) is 0.390. The van der Waals surface area contributed by atoms with Crippen LogP contribution >= 0.6 is 11.6 Å². The molecule has 1 heterocycles. The summed E-state index contributed by atoms with van der Waals surface area (Å²) in [6.07, 6.45) is -4.74. The zero-order chi connectivity index (χ0) is 22.2. The third-order valence-electron chi connectivity index (χ3n) is 4.60. The highest BCUT2D eigenvalue weighted by molar-refractivity contribution is 6.32. The molecule has 0 fully saturated rings. The second kappa shape index (κ2) is 8.03. The first-order chi connectivity index (χ1) is 14.7. The van der Waals surface area contributed by atoms with Crippen molar-refractivity contribution in [3.05, 3.63) is 75.4 Å². The van der Waals surface area contributed by atoms with Crippen LogP contribution in [0.2, 0.25) is 5.02 Å². The number of hydrogen-bond donors (Lipinski definition) is 1. The predicted octanol–water partition coefficient (Wildman–Crippen LogP) is 5.82. The number of alkyl halides is 3. The van der Waals surface area contributed by atoms with Crippen LogP contribution in [0.5, 0.6) is 17.2 Å². The van der Waals surface area contributed by atoms with E-state index in [1.54, 1.807) is 30.3 Å². The Hall–Kier alpha value is -3.39. The number of aromatic nitrogens is 1. The number of nitrogens with one attached hydrogen (secondary N) is 1. The second-order valence-corrected chi connectivity index (χ2v) is 7.08. The molecular formula is C22H15ClF3NO4. The van der Waals surface area contributed by atoms with Crippen LogP contribution in [-0.4, -0.2) is 18.5 Å². The zero-order valence-corrected chi connectivity index (χ0v) is 16.8. The van der Waals surface area contributed by atoms with Gasteiger partial charge in [-0.05, 0) is 35.9 Å². The van der Waals surface area contributed by atoms with Gasteiger partial charge in [-0.3, -0.25) is 4.79 Å². The van der Waals surface area contributed by atoms with E-state index in [9.17, 15) is 18.0 Å². The van der Waals surface area contributed by atoms with Gasteiger partial charge in [0.25, 0.3) is 0 Å². The molecule has 4 aromatic rings. The van der Waals surface area contributed by atoms with Crippen molar-refractivity contribution < 1.29 is 27.4 Å². The first-order valence-corrected chi connectivity index (χ1v) is 9.42. The highest BCUT2D eigenvalue weighted by atomic mass is 35.5. The molecule has 0 amide bonds. The average molecular weight is 450 g/mol. The molecule has 0 aliphatic heterocycles. The lowest BCUT2D eigenvalue weighted by Crippen LogP contribution is -2.17. The fourth-order valence-corrected chi connectivity index (χ4v) is 3.40. The van der Waals surface area contributed by atoms with E-state index < -0.39 is 6.36 Å². The van der Waals surface area contributed by atoms with Crippen molar-refractivity contribution in [3.8, 4) is 17.2 Å². The van der Waals surface area contributed by atoms with Gasteiger partial charge in [-0.2, -0.15) is 0 Å². The maximum absolute atomic E-state index is 12.8. The lowest BCUT2D eigenvalue weighted by atomic mass is 10.1. The SMILES string of the molecule is COc1cc2[nH]c3cc(OCc4ccc(OC(F)(F)F)cc4)ccc3c(=O)c2cc1Cl. The Labute approximate surface area is 178 Å². The molecule has 1 aromatic heterocycles. The topological polar surface area (TPSA) is 60.6 Å². The predicted molar refractivity (Wildman–Crippen MR) is 111 cm³/mol. The Morgan fingerprint density at radius 1 is 0.935 bits per heavy atom. The summed E-state index contributed by atoms with van der Waals surface area (Å²) in [7, 11) is 1.49. The van der Waals surface area contributed by atoms with Crippen molar-refractivity contribution >= 4 is 33.4 Å². The van der Waals surface area contributed by atoms with Crippen LogP contribution in [0.15, 0.2) is 59.4 Å². The molecule has 0 aliphatic rings. The minimum Gasteiger partial charge on any atom is -0.495 e. The molecule has 0 unspecified atom stereocenters. The fourth-order valence-electron chi connectivity index (χ4n) is 3.16. The molecular weight excluding hydrogens is 435 g/mol. The normalized spacial score (nSPS) is 11.6. The van der Waals surface area contributed by atoms with Crippen LogP contribution in [0.25, 0.3) is 21.8 Å². The van der Waals surface area contributed by atoms with Crippen molar-refractivity contribution in [1.29, 1.82) is 0 Å². The van der Waals surface area contributed by atoms with E-state index in [1.165, 1.54) is 31.4 Å². The number of fused-ring (bicyclic) bond motifs is 2. The van der Waals surface area contributed by atoms with Gasteiger partial charge in [0.05, 0.1) is 23.2 Å². The van der Waals surface area contributed by atoms with Crippen LogP contribution in [-0.2, 0) is 6.61 Å². The fraction of sp³-hybridized carbons (Fsp3) is 0.136. The van der Waals surface area contributed by atoms with E-state index >= 15 is 0 Å². The van der Waals surface area contributed by atoms with E-state index in [4.69, 9.17) is 21.1 Å². The molecule has 9 heteroatoms. The summed E-state index contributed by atoms with van der Waals surface area (Å²) < 4.78 is 51.5. The van der Waals surface area contributed by atoms with E-state index in [-0.39, 0.29) is 17.8 Å². The van der Waals surface area contributed by atoms with Gasteiger partial charge < -0.3 is 19.2 Å². The van der Waals surface area contributed by atoms with Crippen molar-refractivity contribution in [2.24, 2.45) is 0 Å². The molecule has 4 rings (SSSR count). The number of halogens is 4. The molecule has 0 bridgehead atoms. The third-order valence-corrected chi connectivity index (χ3v) is 4.90. The summed E-state index contributed by atoms with van der Waals surface area (Å²) in [6, 6.07) is 13.6.